The topological polar surface area (TPSA) is 95.9 Å². The van der Waals surface area contributed by atoms with Gasteiger partial charge in [0.2, 0.25) is 0 Å². The molecule has 8 heteroatoms. The van der Waals surface area contributed by atoms with Crippen molar-refractivity contribution in [2.24, 2.45) is 0 Å². The Morgan fingerprint density at radius 1 is 1.21 bits per heavy atom. The highest BCUT2D eigenvalue weighted by atomic mass is 32.1. The second-order valence-corrected chi connectivity index (χ2v) is 5.95. The molecule has 0 atom stereocenters. The van der Waals surface area contributed by atoms with Crippen LogP contribution in [0.5, 0.6) is 0 Å². The Balaban J connectivity index is 2.21. The van der Waals surface area contributed by atoms with Crippen molar-refractivity contribution < 1.29 is 14.3 Å². The molecule has 124 valence electrons. The molecule has 0 bridgehead atoms. The molecule has 1 aliphatic carbocycles. The van der Waals surface area contributed by atoms with Crippen LogP contribution >= 0.6 is 11.3 Å². The number of methoxy groups -OCH3 is 2. The van der Waals surface area contributed by atoms with Gasteiger partial charge in [0, 0.05) is 11.1 Å². The third-order valence-corrected chi connectivity index (χ3v) is 4.56. The fourth-order valence-electron chi connectivity index (χ4n) is 2.43. The van der Waals surface area contributed by atoms with Gasteiger partial charge >= 0.3 is 0 Å². The molecule has 2 N–H and O–H groups in total. The molecular formula is C16H15N3O4S. The highest BCUT2D eigenvalue weighted by molar-refractivity contribution is 7.15. The second-order valence-electron chi connectivity index (χ2n) is 5.11. The largest absolute Gasteiger partial charge is 0.492 e. The number of nitrogens with two attached hydrogens (primary N) is 1. The highest BCUT2D eigenvalue weighted by Gasteiger charge is 2.22. The molecule has 7 nitrogen and oxygen atoms in total. The standard InChI is InChI=1S/C16H15N3O4S/c1-8-7-24-16-18-15(21)10(14(17)19(8)16)4-9-5-11(22-2)13(20)12(6-9)23-3/h4-7H,17H2,1-3H3. The van der Waals surface area contributed by atoms with Gasteiger partial charge in [-0.1, -0.05) is 0 Å². The SMILES string of the molecule is COC1=CC(=Cc2c(N)n3c(C)csc3nc2=O)C=C(OC)C1=O. The Morgan fingerprint density at radius 2 is 1.83 bits per heavy atom. The maximum absolute atomic E-state index is 12.3. The molecule has 2 aromatic rings. The monoisotopic (exact) mass is 345 g/mol. The summed E-state index contributed by atoms with van der Waals surface area (Å²) in [4.78, 5) is 28.9. The van der Waals surface area contributed by atoms with Gasteiger partial charge in [0.1, 0.15) is 5.82 Å². The molecule has 2 aromatic heterocycles. The van der Waals surface area contributed by atoms with Crippen LogP contribution in [0.15, 0.2) is 39.4 Å². The smallest absolute Gasteiger partial charge is 0.283 e. The van der Waals surface area contributed by atoms with Crippen LogP contribution in [0.2, 0.25) is 0 Å². The van der Waals surface area contributed by atoms with Crippen molar-refractivity contribution in [3.8, 4) is 0 Å². The Morgan fingerprint density at radius 3 is 2.42 bits per heavy atom. The molecule has 0 radical (unpaired) electrons. The van der Waals surface area contributed by atoms with Crippen molar-refractivity contribution in [2.75, 3.05) is 20.0 Å². The third-order valence-electron chi connectivity index (χ3n) is 3.62. The number of ether oxygens (including phenoxy) is 2. The zero-order valence-corrected chi connectivity index (χ0v) is 14.1. The number of nitrogens with zero attached hydrogens (tertiary/aromatic N) is 2. The van der Waals surface area contributed by atoms with Gasteiger partial charge in [-0.25, -0.2) is 0 Å². The second kappa shape index (κ2) is 5.97. The van der Waals surface area contributed by atoms with Crippen LogP contribution in [-0.4, -0.2) is 29.4 Å². The van der Waals surface area contributed by atoms with Crippen LogP contribution < -0.4 is 11.3 Å². The number of aryl methyl sites for hydroxylation is 1. The number of rotatable bonds is 3. The molecule has 0 saturated carbocycles. The summed E-state index contributed by atoms with van der Waals surface area (Å²) >= 11 is 1.35. The Labute approximate surface area is 141 Å². The zero-order chi connectivity index (χ0) is 17.4. The zero-order valence-electron chi connectivity index (χ0n) is 13.3. The Hall–Kier alpha value is -2.87. The summed E-state index contributed by atoms with van der Waals surface area (Å²) in [6.07, 6.45) is 4.62. The Kier molecular flexibility index (Phi) is 3.98. The molecule has 0 saturated heterocycles. The normalized spacial score (nSPS) is 14.5. The summed E-state index contributed by atoms with van der Waals surface area (Å²) < 4.78 is 11.8. The minimum atomic E-state index is -0.432. The van der Waals surface area contributed by atoms with Crippen LogP contribution in [0.25, 0.3) is 11.0 Å². The van der Waals surface area contributed by atoms with Gasteiger partial charge in [-0.15, -0.1) is 11.3 Å². The van der Waals surface area contributed by atoms with E-state index in [0.29, 0.717) is 16.4 Å². The number of carbonyl (C=O) groups excluding carboxylic acids is 1. The lowest BCUT2D eigenvalue weighted by Crippen LogP contribution is -2.17. The fraction of sp³-hybridized carbons (Fsp3) is 0.188. The van der Waals surface area contributed by atoms with Crippen molar-refractivity contribution in [2.45, 2.75) is 6.92 Å². The summed E-state index contributed by atoms with van der Waals surface area (Å²) in [7, 11) is 2.79. The molecule has 0 amide bonds. The van der Waals surface area contributed by atoms with Gasteiger partial charge in [-0.05, 0) is 30.7 Å². The third kappa shape index (κ3) is 2.50. The van der Waals surface area contributed by atoms with Gasteiger partial charge in [-0.3, -0.25) is 14.0 Å². The lowest BCUT2D eigenvalue weighted by molar-refractivity contribution is -0.117. The maximum Gasteiger partial charge on any atom is 0.283 e. The summed E-state index contributed by atoms with van der Waals surface area (Å²) in [5.41, 5.74) is 7.42. The van der Waals surface area contributed by atoms with E-state index in [1.807, 2.05) is 12.3 Å². The average Bonchev–Trinajstić information content (AvgIpc) is 2.93. The predicted molar refractivity (Wildman–Crippen MR) is 91.7 cm³/mol. The molecule has 0 fully saturated rings. The number of aromatic nitrogens is 2. The molecular weight excluding hydrogens is 330 g/mol. The molecule has 3 rings (SSSR count). The first-order valence-electron chi connectivity index (χ1n) is 7.00. The van der Waals surface area contributed by atoms with Gasteiger partial charge in [0.15, 0.2) is 16.5 Å². The number of hydrogen-bond acceptors (Lipinski definition) is 7. The van der Waals surface area contributed by atoms with E-state index in [1.165, 1.54) is 37.7 Å². The quantitative estimate of drug-likeness (QED) is 0.909. The van der Waals surface area contributed by atoms with Crippen LogP contribution in [-0.2, 0) is 14.3 Å². The number of fused-ring (bicyclic) bond motifs is 1. The van der Waals surface area contributed by atoms with E-state index in [-0.39, 0.29) is 22.9 Å². The molecule has 1 aliphatic rings. The van der Waals surface area contributed by atoms with Gasteiger partial charge in [0.25, 0.3) is 11.3 Å². The van der Waals surface area contributed by atoms with Crippen molar-refractivity contribution in [3.05, 3.63) is 56.2 Å². The van der Waals surface area contributed by atoms with E-state index in [2.05, 4.69) is 4.98 Å². The van der Waals surface area contributed by atoms with Crippen LogP contribution in [0, 0.1) is 6.92 Å². The minimum absolute atomic E-state index is 0.125. The van der Waals surface area contributed by atoms with E-state index in [4.69, 9.17) is 15.2 Å². The van der Waals surface area contributed by atoms with Crippen LogP contribution in [0.1, 0.15) is 11.3 Å². The van der Waals surface area contributed by atoms with Gasteiger partial charge < -0.3 is 15.2 Å². The van der Waals surface area contributed by atoms with Crippen molar-refractivity contribution in [1.82, 2.24) is 9.38 Å². The van der Waals surface area contributed by atoms with Crippen LogP contribution in [0.4, 0.5) is 5.82 Å². The van der Waals surface area contributed by atoms with E-state index < -0.39 is 5.56 Å². The van der Waals surface area contributed by atoms with E-state index in [1.54, 1.807) is 10.5 Å². The van der Waals surface area contributed by atoms with E-state index in [0.717, 1.165) is 5.69 Å². The van der Waals surface area contributed by atoms with E-state index >= 15 is 0 Å². The maximum atomic E-state index is 12.3. The van der Waals surface area contributed by atoms with Crippen molar-refractivity contribution >= 4 is 34.0 Å². The first kappa shape index (κ1) is 16.0. The summed E-state index contributed by atoms with van der Waals surface area (Å²) in [6.45, 7) is 1.88. The van der Waals surface area contributed by atoms with Crippen molar-refractivity contribution in [3.63, 3.8) is 0 Å². The first-order valence-corrected chi connectivity index (χ1v) is 7.88. The summed E-state index contributed by atoms with van der Waals surface area (Å²) in [5.74, 6) is 0.192. The molecule has 0 spiro atoms. The molecule has 2 heterocycles. The molecule has 24 heavy (non-hydrogen) atoms. The van der Waals surface area contributed by atoms with Gasteiger partial charge in [0.05, 0.1) is 19.8 Å². The first-order chi connectivity index (χ1) is 11.5. The predicted octanol–water partition coefficient (Wildman–Crippen LogP) is 1.67. The number of thiazole rings is 1. The van der Waals surface area contributed by atoms with Crippen LogP contribution in [0.3, 0.4) is 0 Å². The number of nitrogen functional groups attached to an aromatic ring is 1. The van der Waals surface area contributed by atoms with Gasteiger partial charge in [-0.2, -0.15) is 4.98 Å². The fourth-order valence-corrected chi connectivity index (χ4v) is 3.29. The average molecular weight is 345 g/mol. The highest BCUT2D eigenvalue weighted by Crippen LogP contribution is 2.24. The number of carbonyl (C=O) groups is 1. The molecule has 0 aromatic carbocycles. The minimum Gasteiger partial charge on any atom is -0.492 e. The lowest BCUT2D eigenvalue weighted by atomic mass is 10.0. The number of Topliss-reactive ketones (excluding diaryl/α,β-unsaturated/α-hetero) is 1. The lowest BCUT2D eigenvalue weighted by Gasteiger charge is -2.13. The van der Waals surface area contributed by atoms with E-state index in [9.17, 15) is 9.59 Å². The molecule has 0 aliphatic heterocycles. The Bertz CT molecular complexity index is 969. The number of ketones is 1. The number of hydrogen-bond donors (Lipinski definition) is 1. The number of anilines is 1. The number of allylic oxidation sites excluding steroid dienone is 3. The van der Waals surface area contributed by atoms with Crippen molar-refractivity contribution in [1.29, 1.82) is 0 Å². The molecule has 0 unspecified atom stereocenters. The summed E-state index contributed by atoms with van der Waals surface area (Å²) in [6, 6.07) is 0. The summed E-state index contributed by atoms with van der Waals surface area (Å²) in [5, 5.41) is 1.88.